The predicted molar refractivity (Wildman–Crippen MR) is 194 cm³/mol. The summed E-state index contributed by atoms with van der Waals surface area (Å²) in [6.07, 6.45) is 10.0. The summed E-state index contributed by atoms with van der Waals surface area (Å²) < 4.78 is 0. The summed E-state index contributed by atoms with van der Waals surface area (Å²) in [5, 5.41) is 2.33. The van der Waals surface area contributed by atoms with Crippen LogP contribution in [0.4, 0.5) is 0 Å². The van der Waals surface area contributed by atoms with Crippen LogP contribution in [0.2, 0.25) is 0 Å². The molecule has 0 heterocycles. The Morgan fingerprint density at radius 3 is 1.90 bits per heavy atom. The van der Waals surface area contributed by atoms with E-state index in [1.807, 2.05) is 48.2 Å². The maximum atomic E-state index is 11.8. The molecule has 0 fully saturated rings. The lowest BCUT2D eigenvalue weighted by Gasteiger charge is -2.04. The third-order valence-corrected chi connectivity index (χ3v) is 7.66. The second kappa shape index (κ2) is 25.0. The molecule has 0 N–H and O–H groups in total. The molecule has 0 radical (unpaired) electrons. The minimum absolute atomic E-state index is 0.257. The van der Waals surface area contributed by atoms with Crippen LogP contribution in [0.3, 0.4) is 0 Å². The van der Waals surface area contributed by atoms with Crippen LogP contribution in [0.25, 0.3) is 10.8 Å². The van der Waals surface area contributed by atoms with Gasteiger partial charge in [0.05, 0.1) is 0 Å². The molecule has 0 bridgehead atoms. The van der Waals surface area contributed by atoms with Gasteiger partial charge in [-0.05, 0) is 78.5 Å². The van der Waals surface area contributed by atoms with E-state index >= 15 is 0 Å². The van der Waals surface area contributed by atoms with Crippen molar-refractivity contribution < 1.29 is 4.79 Å². The molecule has 0 unspecified atom stereocenters. The fourth-order valence-corrected chi connectivity index (χ4v) is 4.45. The normalized spacial score (nSPS) is 10.0. The first-order chi connectivity index (χ1) is 20.1. The van der Waals surface area contributed by atoms with Crippen LogP contribution in [0.5, 0.6) is 0 Å². The Morgan fingerprint density at radius 1 is 0.786 bits per heavy atom. The molecule has 0 aliphatic rings. The second-order valence-electron chi connectivity index (χ2n) is 11.5. The first kappa shape index (κ1) is 39.4. The number of hydrogen-bond acceptors (Lipinski definition) is 2. The van der Waals surface area contributed by atoms with Gasteiger partial charge in [0, 0.05) is 12.0 Å². The monoisotopic (exact) mass is 588 g/mol. The van der Waals surface area contributed by atoms with Gasteiger partial charge in [-0.2, -0.15) is 0 Å². The summed E-state index contributed by atoms with van der Waals surface area (Å²) in [5.74, 6) is 2.38. The zero-order chi connectivity index (χ0) is 31.8. The Balaban J connectivity index is 0.000000581. The Morgan fingerprint density at radius 2 is 1.38 bits per heavy atom. The Labute approximate surface area is 264 Å². The minimum atomic E-state index is 0.257. The standard InChI is InChI=1S/C15H16O.C13H18.C7H14S.C5H12/c1-2-3-8-15(16)14-10-9-12-6-4-5-7-13(12)11-14;1-4-5-12(3)10-13-8-6-11(2)7-9-13;1-4-5-6-8-7(2)3;1-4-5(2)3/h4-7,9-11H,2-3,8H2,1H3;6-9H,3-5,10H2,1-2H3;2,4-6H2,1,3H3;5H,4H2,1-3H3. The van der Waals surface area contributed by atoms with Crippen LogP contribution in [-0.4, -0.2) is 11.5 Å². The zero-order valence-corrected chi connectivity index (χ0v) is 29.0. The number of hydrogen-bond donors (Lipinski definition) is 0. The molecule has 0 atom stereocenters. The van der Waals surface area contributed by atoms with Crippen molar-refractivity contribution in [1.82, 2.24) is 0 Å². The number of carbonyl (C=O) groups is 1. The summed E-state index contributed by atoms with van der Waals surface area (Å²) in [4.78, 5) is 13.1. The van der Waals surface area contributed by atoms with Gasteiger partial charge < -0.3 is 0 Å². The first-order valence-electron chi connectivity index (χ1n) is 16.1. The van der Waals surface area contributed by atoms with E-state index in [0.717, 1.165) is 42.6 Å². The Kier molecular flexibility index (Phi) is 23.4. The summed E-state index contributed by atoms with van der Waals surface area (Å²) in [7, 11) is 0. The van der Waals surface area contributed by atoms with Crippen LogP contribution in [0, 0.1) is 12.8 Å². The lowest BCUT2D eigenvalue weighted by molar-refractivity contribution is 0.0980. The highest BCUT2D eigenvalue weighted by molar-refractivity contribution is 8.03. The molecular formula is C40H60OS. The van der Waals surface area contributed by atoms with Crippen LogP contribution in [-0.2, 0) is 6.42 Å². The second-order valence-corrected chi connectivity index (χ2v) is 12.9. The van der Waals surface area contributed by atoms with Crippen molar-refractivity contribution in [3.8, 4) is 0 Å². The summed E-state index contributed by atoms with van der Waals surface area (Å²) in [6, 6.07) is 22.8. The third-order valence-electron chi connectivity index (χ3n) is 6.67. The van der Waals surface area contributed by atoms with Crippen molar-refractivity contribution in [3.05, 3.63) is 107 Å². The average Bonchev–Trinajstić information content (AvgIpc) is 2.98. The van der Waals surface area contributed by atoms with Crippen molar-refractivity contribution >= 4 is 28.3 Å². The van der Waals surface area contributed by atoms with Gasteiger partial charge in [0.2, 0.25) is 0 Å². The van der Waals surface area contributed by atoms with Gasteiger partial charge in [-0.25, -0.2) is 0 Å². The van der Waals surface area contributed by atoms with Gasteiger partial charge in [0.25, 0.3) is 0 Å². The Hall–Kier alpha value is -2.58. The fraction of sp³-hybridized carbons (Fsp3) is 0.475. The number of unbranched alkanes of at least 4 members (excludes halogenated alkanes) is 2. The summed E-state index contributed by atoms with van der Waals surface area (Å²) in [6.45, 7) is 25.2. The predicted octanol–water partition coefficient (Wildman–Crippen LogP) is 13.2. The van der Waals surface area contributed by atoms with Gasteiger partial charge in [-0.15, -0.1) is 11.8 Å². The molecule has 0 aromatic heterocycles. The lowest BCUT2D eigenvalue weighted by atomic mass is 10.0. The van der Waals surface area contributed by atoms with E-state index in [4.69, 9.17) is 0 Å². The third kappa shape index (κ3) is 20.3. The molecule has 0 spiro atoms. The number of fused-ring (bicyclic) bond motifs is 1. The van der Waals surface area contributed by atoms with Gasteiger partial charge in [0.1, 0.15) is 0 Å². The minimum Gasteiger partial charge on any atom is -0.294 e. The maximum absolute atomic E-state index is 11.8. The molecule has 232 valence electrons. The van der Waals surface area contributed by atoms with Crippen molar-refractivity contribution in [2.45, 2.75) is 113 Å². The van der Waals surface area contributed by atoms with Gasteiger partial charge in [0.15, 0.2) is 5.78 Å². The van der Waals surface area contributed by atoms with E-state index in [0.29, 0.717) is 6.42 Å². The SMILES string of the molecule is C=C(C)SCCCC.C=C(CCC)Cc1ccc(C)cc1.CCC(C)C.CCCCC(=O)c1ccc2ccccc2c1. The molecule has 0 aliphatic carbocycles. The number of thioether (sulfide) groups is 1. The molecule has 3 aromatic rings. The Bertz CT molecular complexity index is 1140. The van der Waals surface area contributed by atoms with E-state index in [-0.39, 0.29) is 5.78 Å². The van der Waals surface area contributed by atoms with Gasteiger partial charge in [-0.3, -0.25) is 4.79 Å². The molecule has 0 saturated heterocycles. The highest BCUT2D eigenvalue weighted by Crippen LogP contribution is 2.17. The first-order valence-corrected chi connectivity index (χ1v) is 17.1. The van der Waals surface area contributed by atoms with E-state index in [2.05, 4.69) is 98.9 Å². The molecule has 3 rings (SSSR count). The maximum Gasteiger partial charge on any atom is 0.162 e. The number of aryl methyl sites for hydroxylation is 1. The van der Waals surface area contributed by atoms with Gasteiger partial charge in [-0.1, -0.05) is 152 Å². The van der Waals surface area contributed by atoms with Crippen LogP contribution < -0.4 is 0 Å². The largest absolute Gasteiger partial charge is 0.294 e. The molecule has 3 aromatic carbocycles. The average molecular weight is 589 g/mol. The number of benzene rings is 3. The fourth-order valence-electron chi connectivity index (χ4n) is 3.67. The molecule has 0 amide bonds. The molecule has 2 heteroatoms. The summed E-state index contributed by atoms with van der Waals surface area (Å²) in [5.41, 5.74) is 4.88. The van der Waals surface area contributed by atoms with Crippen molar-refractivity contribution in [2.24, 2.45) is 5.92 Å². The van der Waals surface area contributed by atoms with Crippen molar-refractivity contribution in [1.29, 1.82) is 0 Å². The molecule has 1 nitrogen and oxygen atoms in total. The van der Waals surface area contributed by atoms with E-state index in [1.54, 1.807) is 0 Å². The number of ketones is 1. The lowest BCUT2D eigenvalue weighted by Crippen LogP contribution is -1.98. The van der Waals surface area contributed by atoms with Gasteiger partial charge >= 0.3 is 0 Å². The van der Waals surface area contributed by atoms with Crippen LogP contribution in [0.15, 0.2) is 90.4 Å². The van der Waals surface area contributed by atoms with Crippen molar-refractivity contribution in [2.75, 3.05) is 5.75 Å². The number of Topliss-reactive ketones (excluding diaryl/α,β-unsaturated/α-hetero) is 1. The van der Waals surface area contributed by atoms with Crippen LogP contribution in [0.1, 0.15) is 121 Å². The quantitative estimate of drug-likeness (QED) is 0.112. The van der Waals surface area contributed by atoms with E-state index in [9.17, 15) is 4.79 Å². The number of carbonyl (C=O) groups excluding carboxylic acids is 1. The smallest absolute Gasteiger partial charge is 0.162 e. The number of rotatable bonds is 13. The zero-order valence-electron chi connectivity index (χ0n) is 28.2. The summed E-state index contributed by atoms with van der Waals surface area (Å²) >= 11 is 1.86. The highest BCUT2D eigenvalue weighted by Gasteiger charge is 2.05. The number of allylic oxidation sites excluding steroid dienone is 2. The highest BCUT2D eigenvalue weighted by atomic mass is 32.2. The van der Waals surface area contributed by atoms with Crippen LogP contribution >= 0.6 is 11.8 Å². The molecular weight excluding hydrogens is 529 g/mol. The molecule has 0 aliphatic heterocycles. The molecule has 42 heavy (non-hydrogen) atoms. The topological polar surface area (TPSA) is 17.1 Å². The van der Waals surface area contributed by atoms with Crippen molar-refractivity contribution in [3.63, 3.8) is 0 Å². The van der Waals surface area contributed by atoms with E-state index in [1.165, 1.54) is 58.4 Å². The van der Waals surface area contributed by atoms with E-state index < -0.39 is 0 Å². The molecule has 0 saturated carbocycles.